The van der Waals surface area contributed by atoms with Crippen LogP contribution < -0.4 is 16.0 Å². The molecule has 3 rings (SSSR count). The summed E-state index contributed by atoms with van der Waals surface area (Å²) in [6.07, 6.45) is 0. The van der Waals surface area contributed by atoms with E-state index in [1.807, 2.05) is 51.6 Å². The van der Waals surface area contributed by atoms with Gasteiger partial charge in [-0.2, -0.15) is 5.10 Å². The van der Waals surface area contributed by atoms with Crippen LogP contribution in [0.3, 0.4) is 0 Å². The summed E-state index contributed by atoms with van der Waals surface area (Å²) in [5.74, 6) is -0.124. The average Bonchev–Trinajstić information content (AvgIpc) is 2.99. The van der Waals surface area contributed by atoms with E-state index in [9.17, 15) is 9.59 Å². The summed E-state index contributed by atoms with van der Waals surface area (Å²) in [5.41, 5.74) is 7.10. The number of carbonyl (C=O) groups excluding carboxylic acids is 2. The highest BCUT2D eigenvalue weighted by Crippen LogP contribution is 2.17. The van der Waals surface area contributed by atoms with Crippen molar-refractivity contribution >= 4 is 29.1 Å². The zero-order valence-electron chi connectivity index (χ0n) is 19.9. The molecule has 3 aromatic rings. The van der Waals surface area contributed by atoms with Gasteiger partial charge in [-0.25, -0.2) is 4.99 Å². The summed E-state index contributed by atoms with van der Waals surface area (Å²) >= 11 is 0. The molecule has 0 bridgehead atoms. The molecular weight excluding hydrogens is 416 g/mol. The van der Waals surface area contributed by atoms with Crippen molar-refractivity contribution in [3.8, 4) is 0 Å². The van der Waals surface area contributed by atoms with E-state index in [1.54, 1.807) is 24.3 Å². The topological polar surface area (TPSA) is 100 Å². The lowest BCUT2D eigenvalue weighted by atomic mass is 10.1. The Balaban J connectivity index is 1.85. The molecule has 3 N–H and O–H groups in total. The molecule has 0 aliphatic rings. The Morgan fingerprint density at radius 3 is 2.27 bits per heavy atom. The summed E-state index contributed by atoms with van der Waals surface area (Å²) in [4.78, 5) is 28.8. The first-order chi connectivity index (χ1) is 15.6. The Hall–Kier alpha value is -3.94. The molecule has 0 aliphatic carbocycles. The molecule has 8 nitrogen and oxygen atoms in total. The number of hydrogen-bond acceptors (Lipinski definition) is 4. The van der Waals surface area contributed by atoms with E-state index in [4.69, 9.17) is 0 Å². The molecule has 0 saturated carbocycles. The minimum absolute atomic E-state index is 0.166. The summed E-state index contributed by atoms with van der Waals surface area (Å²) < 4.78 is 1.83. The second-order valence-electron chi connectivity index (χ2n) is 8.09. The van der Waals surface area contributed by atoms with Crippen LogP contribution in [0.15, 0.2) is 47.5 Å². The molecule has 0 saturated heterocycles. The lowest BCUT2D eigenvalue weighted by molar-refractivity contribution is -0.114. The summed E-state index contributed by atoms with van der Waals surface area (Å²) in [7, 11) is 1.90. The number of nitrogens with zero attached hydrogens (tertiary/aromatic N) is 3. The Morgan fingerprint density at radius 1 is 1.00 bits per heavy atom. The smallest absolute Gasteiger partial charge is 0.257 e. The maximum Gasteiger partial charge on any atom is 0.257 e. The van der Waals surface area contributed by atoms with E-state index in [0.29, 0.717) is 23.8 Å². The molecule has 0 unspecified atom stereocenters. The van der Waals surface area contributed by atoms with E-state index < -0.39 is 0 Å². The lowest BCUT2D eigenvalue weighted by Crippen LogP contribution is -2.36. The van der Waals surface area contributed by atoms with Crippen molar-refractivity contribution in [2.75, 3.05) is 10.6 Å². The monoisotopic (exact) mass is 446 g/mol. The SMILES string of the molecule is CC(=O)Nc1ccc(C(=O)NC(=NCc2c(C)nn(C)c2C)Nc2ccc(C)cc2C)cc1. The van der Waals surface area contributed by atoms with Crippen molar-refractivity contribution in [1.29, 1.82) is 0 Å². The third-order valence-corrected chi connectivity index (χ3v) is 5.39. The number of aliphatic imine (C=N–C) groups is 1. The number of amides is 2. The van der Waals surface area contributed by atoms with Crippen LogP contribution in [0.2, 0.25) is 0 Å². The summed E-state index contributed by atoms with van der Waals surface area (Å²) in [5, 5.41) is 13.3. The van der Waals surface area contributed by atoms with E-state index >= 15 is 0 Å². The number of guanidine groups is 1. The highest BCUT2D eigenvalue weighted by Gasteiger charge is 2.13. The fourth-order valence-electron chi connectivity index (χ4n) is 3.48. The average molecular weight is 447 g/mol. The maximum absolute atomic E-state index is 12.9. The molecule has 172 valence electrons. The number of aryl methyl sites for hydroxylation is 4. The first-order valence-electron chi connectivity index (χ1n) is 10.7. The highest BCUT2D eigenvalue weighted by molar-refractivity contribution is 6.10. The van der Waals surface area contributed by atoms with Gasteiger partial charge in [-0.15, -0.1) is 0 Å². The molecule has 0 spiro atoms. The number of hydrogen-bond donors (Lipinski definition) is 3. The largest absolute Gasteiger partial charge is 0.326 e. The van der Waals surface area contributed by atoms with Gasteiger partial charge in [0.25, 0.3) is 5.91 Å². The number of nitrogens with one attached hydrogen (secondary N) is 3. The number of benzene rings is 2. The molecule has 33 heavy (non-hydrogen) atoms. The quantitative estimate of drug-likeness (QED) is 0.407. The third-order valence-electron chi connectivity index (χ3n) is 5.39. The molecule has 8 heteroatoms. The van der Waals surface area contributed by atoms with Gasteiger partial charge >= 0.3 is 0 Å². The molecule has 0 radical (unpaired) electrons. The molecule has 0 fully saturated rings. The standard InChI is InChI=1S/C25H30N6O2/c1-15-7-12-23(16(2)13-15)28-25(26-14-22-17(3)30-31(6)18(22)4)29-24(33)20-8-10-21(11-9-20)27-19(5)32/h7-13H,14H2,1-6H3,(H,27,32)(H2,26,28,29,33). The van der Waals surface area contributed by atoms with Crippen LogP contribution in [0.4, 0.5) is 11.4 Å². The van der Waals surface area contributed by atoms with Crippen molar-refractivity contribution in [2.24, 2.45) is 12.0 Å². The number of anilines is 2. The van der Waals surface area contributed by atoms with Gasteiger partial charge < -0.3 is 10.6 Å². The fourth-order valence-corrected chi connectivity index (χ4v) is 3.48. The molecule has 2 aromatic carbocycles. The van der Waals surface area contributed by atoms with Crippen molar-refractivity contribution in [3.05, 3.63) is 76.1 Å². The van der Waals surface area contributed by atoms with Crippen LogP contribution in [0, 0.1) is 27.7 Å². The zero-order chi connectivity index (χ0) is 24.1. The molecule has 2 amide bonds. The van der Waals surface area contributed by atoms with Crippen LogP contribution in [-0.4, -0.2) is 27.6 Å². The predicted molar refractivity (Wildman–Crippen MR) is 132 cm³/mol. The number of aromatic nitrogens is 2. The van der Waals surface area contributed by atoms with Gasteiger partial charge in [0.15, 0.2) is 0 Å². The Labute approximate surface area is 194 Å². The van der Waals surface area contributed by atoms with E-state index in [0.717, 1.165) is 33.8 Å². The van der Waals surface area contributed by atoms with Crippen molar-refractivity contribution in [2.45, 2.75) is 41.2 Å². The van der Waals surface area contributed by atoms with Crippen LogP contribution in [-0.2, 0) is 18.4 Å². The van der Waals surface area contributed by atoms with E-state index in [2.05, 4.69) is 32.1 Å². The second-order valence-corrected chi connectivity index (χ2v) is 8.09. The van der Waals surface area contributed by atoms with Gasteiger partial charge in [0.1, 0.15) is 0 Å². The van der Waals surface area contributed by atoms with Crippen LogP contribution in [0.1, 0.15) is 45.4 Å². The normalized spacial score (nSPS) is 11.3. The summed E-state index contributed by atoms with van der Waals surface area (Å²) in [6.45, 7) is 9.80. The maximum atomic E-state index is 12.9. The highest BCUT2D eigenvalue weighted by atomic mass is 16.2. The van der Waals surface area contributed by atoms with Gasteiger partial charge in [-0.05, 0) is 63.6 Å². The molecule has 1 heterocycles. The van der Waals surface area contributed by atoms with Crippen molar-refractivity contribution in [1.82, 2.24) is 15.1 Å². The van der Waals surface area contributed by atoms with Crippen LogP contribution in [0.25, 0.3) is 0 Å². The second kappa shape index (κ2) is 10.1. The first-order valence-corrected chi connectivity index (χ1v) is 10.7. The predicted octanol–water partition coefficient (Wildman–Crippen LogP) is 4.01. The molecule has 0 atom stereocenters. The summed E-state index contributed by atoms with van der Waals surface area (Å²) in [6, 6.07) is 12.7. The van der Waals surface area contributed by atoms with Gasteiger partial charge in [0.05, 0.1) is 12.2 Å². The van der Waals surface area contributed by atoms with Crippen LogP contribution >= 0.6 is 0 Å². The zero-order valence-corrected chi connectivity index (χ0v) is 19.9. The Morgan fingerprint density at radius 2 is 1.70 bits per heavy atom. The minimum Gasteiger partial charge on any atom is -0.326 e. The van der Waals surface area contributed by atoms with E-state index in [-0.39, 0.29) is 11.8 Å². The van der Waals surface area contributed by atoms with Gasteiger partial charge in [0.2, 0.25) is 11.9 Å². The van der Waals surface area contributed by atoms with Crippen molar-refractivity contribution < 1.29 is 9.59 Å². The van der Waals surface area contributed by atoms with Gasteiger partial charge in [-0.3, -0.25) is 19.6 Å². The fraction of sp³-hybridized carbons (Fsp3) is 0.280. The lowest BCUT2D eigenvalue weighted by Gasteiger charge is -2.14. The van der Waals surface area contributed by atoms with Crippen molar-refractivity contribution in [3.63, 3.8) is 0 Å². The first kappa shape index (κ1) is 23.7. The van der Waals surface area contributed by atoms with Crippen LogP contribution in [0.5, 0.6) is 0 Å². The Bertz CT molecular complexity index is 1210. The van der Waals surface area contributed by atoms with E-state index in [1.165, 1.54) is 6.92 Å². The molecule has 1 aromatic heterocycles. The molecule has 0 aliphatic heterocycles. The molecular formula is C25H30N6O2. The van der Waals surface area contributed by atoms with Gasteiger partial charge in [0, 0.05) is 42.2 Å². The Kier molecular flexibility index (Phi) is 7.27. The third kappa shape index (κ3) is 6.06. The van der Waals surface area contributed by atoms with Gasteiger partial charge in [-0.1, -0.05) is 17.7 Å². The number of carbonyl (C=O) groups is 2. The minimum atomic E-state index is -0.306. The number of rotatable bonds is 5.